The smallest absolute Gasteiger partial charge is 0.224 e. The van der Waals surface area contributed by atoms with Crippen LogP contribution in [0.25, 0.3) is 0 Å². The molecule has 2 heterocycles. The van der Waals surface area contributed by atoms with Crippen LogP contribution in [0.3, 0.4) is 0 Å². The first-order valence-corrected chi connectivity index (χ1v) is 5.86. The summed E-state index contributed by atoms with van der Waals surface area (Å²) >= 11 is 5.72. The van der Waals surface area contributed by atoms with Gasteiger partial charge in [0.25, 0.3) is 0 Å². The molecule has 0 bridgehead atoms. The molecule has 1 aliphatic rings. The molecule has 1 aromatic heterocycles. The molecule has 88 valence electrons. The standard InChI is InChI=1S/C11H16ClN3O/c1-11(3-6-16-7-4-11)8-14-9-2-5-13-10(12)15-9/h2,5H,3-4,6-8H2,1H3,(H,13,14,15). The second-order valence-electron chi connectivity index (χ2n) is 4.49. The first-order valence-electron chi connectivity index (χ1n) is 5.48. The van der Waals surface area contributed by atoms with Crippen LogP contribution in [0.4, 0.5) is 5.82 Å². The van der Waals surface area contributed by atoms with E-state index in [9.17, 15) is 0 Å². The summed E-state index contributed by atoms with van der Waals surface area (Å²) in [7, 11) is 0. The maximum Gasteiger partial charge on any atom is 0.224 e. The number of aromatic nitrogens is 2. The highest BCUT2D eigenvalue weighted by molar-refractivity contribution is 6.28. The lowest BCUT2D eigenvalue weighted by Gasteiger charge is -2.33. The van der Waals surface area contributed by atoms with E-state index >= 15 is 0 Å². The van der Waals surface area contributed by atoms with Gasteiger partial charge in [-0.1, -0.05) is 6.92 Å². The SMILES string of the molecule is CC1(CNc2ccnc(Cl)n2)CCOCC1. The zero-order valence-corrected chi connectivity index (χ0v) is 10.1. The molecule has 1 aliphatic heterocycles. The number of ether oxygens (including phenoxy) is 1. The van der Waals surface area contributed by atoms with E-state index in [0.29, 0.717) is 0 Å². The Bertz CT molecular complexity index is 353. The summed E-state index contributed by atoms with van der Waals surface area (Å²) in [6.45, 7) is 4.86. The van der Waals surface area contributed by atoms with Crippen LogP contribution in [0.1, 0.15) is 19.8 Å². The van der Waals surface area contributed by atoms with Gasteiger partial charge in [0.05, 0.1) is 0 Å². The molecular weight excluding hydrogens is 226 g/mol. The van der Waals surface area contributed by atoms with E-state index < -0.39 is 0 Å². The third-order valence-electron chi connectivity index (χ3n) is 3.02. The minimum Gasteiger partial charge on any atom is -0.381 e. The fourth-order valence-electron chi connectivity index (χ4n) is 1.78. The van der Waals surface area contributed by atoms with E-state index in [1.807, 2.05) is 6.07 Å². The van der Waals surface area contributed by atoms with E-state index in [1.54, 1.807) is 6.20 Å². The molecular formula is C11H16ClN3O. The van der Waals surface area contributed by atoms with Gasteiger partial charge in [0.1, 0.15) is 5.82 Å². The minimum absolute atomic E-state index is 0.280. The number of hydrogen-bond donors (Lipinski definition) is 1. The lowest BCUT2D eigenvalue weighted by molar-refractivity contribution is 0.0300. The third-order valence-corrected chi connectivity index (χ3v) is 3.20. The van der Waals surface area contributed by atoms with Crippen molar-refractivity contribution in [2.24, 2.45) is 5.41 Å². The van der Waals surface area contributed by atoms with Crippen molar-refractivity contribution in [2.45, 2.75) is 19.8 Å². The van der Waals surface area contributed by atoms with Crippen LogP contribution in [0.2, 0.25) is 5.28 Å². The predicted octanol–water partition coefficient (Wildman–Crippen LogP) is 2.36. The van der Waals surface area contributed by atoms with Gasteiger partial charge in [-0.05, 0) is 35.9 Å². The molecule has 4 nitrogen and oxygen atoms in total. The van der Waals surface area contributed by atoms with Gasteiger partial charge in [-0.2, -0.15) is 0 Å². The maximum atomic E-state index is 5.72. The van der Waals surface area contributed by atoms with Gasteiger partial charge in [-0.15, -0.1) is 0 Å². The first-order chi connectivity index (χ1) is 7.68. The van der Waals surface area contributed by atoms with Crippen LogP contribution in [0.15, 0.2) is 12.3 Å². The van der Waals surface area contributed by atoms with Crippen molar-refractivity contribution in [3.05, 3.63) is 17.5 Å². The molecule has 0 atom stereocenters. The van der Waals surface area contributed by atoms with Gasteiger partial charge in [0.15, 0.2) is 0 Å². The van der Waals surface area contributed by atoms with Crippen LogP contribution in [-0.2, 0) is 4.74 Å². The summed E-state index contributed by atoms with van der Waals surface area (Å²) in [5, 5.41) is 3.58. The summed E-state index contributed by atoms with van der Waals surface area (Å²) < 4.78 is 5.36. The lowest BCUT2D eigenvalue weighted by atomic mass is 9.82. The van der Waals surface area contributed by atoms with E-state index in [0.717, 1.165) is 38.4 Å². The van der Waals surface area contributed by atoms with Crippen LogP contribution in [-0.4, -0.2) is 29.7 Å². The van der Waals surface area contributed by atoms with Crippen molar-refractivity contribution in [1.82, 2.24) is 9.97 Å². The first kappa shape index (κ1) is 11.6. The van der Waals surface area contributed by atoms with Crippen molar-refractivity contribution in [3.63, 3.8) is 0 Å². The largest absolute Gasteiger partial charge is 0.381 e. The molecule has 1 saturated heterocycles. The van der Waals surface area contributed by atoms with E-state index in [4.69, 9.17) is 16.3 Å². The van der Waals surface area contributed by atoms with Crippen molar-refractivity contribution in [1.29, 1.82) is 0 Å². The maximum absolute atomic E-state index is 5.72. The van der Waals surface area contributed by atoms with Crippen molar-refractivity contribution in [2.75, 3.05) is 25.1 Å². The number of rotatable bonds is 3. The fraction of sp³-hybridized carbons (Fsp3) is 0.636. The molecule has 1 fully saturated rings. The molecule has 5 heteroatoms. The summed E-state index contributed by atoms with van der Waals surface area (Å²) in [6.07, 6.45) is 3.82. The number of nitrogens with one attached hydrogen (secondary N) is 1. The summed E-state index contributed by atoms with van der Waals surface area (Å²) in [6, 6.07) is 1.83. The van der Waals surface area contributed by atoms with E-state index in [-0.39, 0.29) is 10.7 Å². The van der Waals surface area contributed by atoms with Gasteiger partial charge in [-0.25, -0.2) is 9.97 Å². The lowest BCUT2D eigenvalue weighted by Crippen LogP contribution is -2.33. The predicted molar refractivity (Wildman–Crippen MR) is 63.7 cm³/mol. The molecule has 16 heavy (non-hydrogen) atoms. The van der Waals surface area contributed by atoms with Crippen molar-refractivity contribution < 1.29 is 4.74 Å². The molecule has 0 spiro atoms. The monoisotopic (exact) mass is 241 g/mol. The zero-order chi connectivity index (χ0) is 11.4. The minimum atomic E-state index is 0.280. The van der Waals surface area contributed by atoms with Crippen LogP contribution < -0.4 is 5.32 Å². The third kappa shape index (κ3) is 3.06. The van der Waals surface area contributed by atoms with Gasteiger partial charge < -0.3 is 10.1 Å². The highest BCUT2D eigenvalue weighted by atomic mass is 35.5. The molecule has 0 aromatic carbocycles. The van der Waals surface area contributed by atoms with Crippen molar-refractivity contribution >= 4 is 17.4 Å². The van der Waals surface area contributed by atoms with Gasteiger partial charge in [0, 0.05) is 26.0 Å². The quantitative estimate of drug-likeness (QED) is 0.826. The zero-order valence-electron chi connectivity index (χ0n) is 9.37. The Labute approximate surface area is 100 Å². The average Bonchev–Trinajstić information content (AvgIpc) is 2.28. The Kier molecular flexibility index (Phi) is 3.61. The number of halogens is 1. The normalized spacial score (nSPS) is 19.4. The van der Waals surface area contributed by atoms with Gasteiger partial charge >= 0.3 is 0 Å². The van der Waals surface area contributed by atoms with Crippen molar-refractivity contribution in [3.8, 4) is 0 Å². The second kappa shape index (κ2) is 4.97. The number of nitrogens with zero attached hydrogens (tertiary/aromatic N) is 2. The Morgan fingerprint density at radius 1 is 1.50 bits per heavy atom. The fourth-order valence-corrected chi connectivity index (χ4v) is 1.93. The second-order valence-corrected chi connectivity index (χ2v) is 4.83. The van der Waals surface area contributed by atoms with Crippen LogP contribution in [0, 0.1) is 5.41 Å². The average molecular weight is 242 g/mol. The van der Waals surface area contributed by atoms with E-state index in [2.05, 4.69) is 22.2 Å². The Balaban J connectivity index is 1.91. The Hall–Kier alpha value is -0.870. The Morgan fingerprint density at radius 2 is 2.25 bits per heavy atom. The highest BCUT2D eigenvalue weighted by Crippen LogP contribution is 2.29. The summed E-state index contributed by atoms with van der Waals surface area (Å²) in [5.74, 6) is 0.785. The molecule has 0 amide bonds. The topological polar surface area (TPSA) is 47.0 Å². The number of anilines is 1. The molecule has 2 rings (SSSR count). The molecule has 0 aliphatic carbocycles. The van der Waals surface area contributed by atoms with E-state index in [1.165, 1.54) is 0 Å². The number of hydrogen-bond acceptors (Lipinski definition) is 4. The molecule has 1 N–H and O–H groups in total. The summed E-state index contributed by atoms with van der Waals surface area (Å²) in [5.41, 5.74) is 0.287. The van der Waals surface area contributed by atoms with Crippen LogP contribution in [0.5, 0.6) is 0 Å². The molecule has 1 aromatic rings. The van der Waals surface area contributed by atoms with Gasteiger partial charge in [0.2, 0.25) is 5.28 Å². The summed E-state index contributed by atoms with van der Waals surface area (Å²) in [4.78, 5) is 7.95. The van der Waals surface area contributed by atoms with Crippen LogP contribution >= 0.6 is 11.6 Å². The molecule has 0 radical (unpaired) electrons. The molecule has 0 unspecified atom stereocenters. The Morgan fingerprint density at radius 3 is 2.94 bits per heavy atom. The van der Waals surface area contributed by atoms with Gasteiger partial charge in [-0.3, -0.25) is 0 Å². The molecule has 0 saturated carbocycles. The highest BCUT2D eigenvalue weighted by Gasteiger charge is 2.27.